The molecule has 63 heavy (non-hydrogen) atoms. The van der Waals surface area contributed by atoms with E-state index in [2.05, 4.69) is 41.9 Å². The Morgan fingerprint density at radius 3 is 2.51 bits per heavy atom. The van der Waals surface area contributed by atoms with Crippen LogP contribution in [0.15, 0.2) is 59.5 Å². The maximum atomic E-state index is 15.6. The Morgan fingerprint density at radius 1 is 1.00 bits per heavy atom. The molecule has 2 aliphatic heterocycles. The average Bonchev–Trinajstić information content (AvgIpc) is 3.48. The second kappa shape index (κ2) is 15.1. The first kappa shape index (κ1) is 44.4. The van der Waals surface area contributed by atoms with Crippen molar-refractivity contribution in [2.24, 2.45) is 62.9 Å². The molecule has 348 valence electrons. The van der Waals surface area contributed by atoms with Gasteiger partial charge in [-0.2, -0.15) is 0 Å². The monoisotopic (exact) mass is 874 g/mol. The Balaban J connectivity index is 1.12. The van der Waals surface area contributed by atoms with Crippen LogP contribution in [0.2, 0.25) is 0 Å². The van der Waals surface area contributed by atoms with E-state index < -0.39 is 80.8 Å². The van der Waals surface area contributed by atoms with Gasteiger partial charge < -0.3 is 56.8 Å². The Morgan fingerprint density at radius 2 is 1.78 bits per heavy atom. The number of allylic oxidation sites excluding steroid dienone is 7. The standard InChI is InChI=1S/C51H75N3O9/c1-5-7-29-9-12-32-37(13-10-29)63-44-40(32)34(56)8-6-17-51(44,62)46(4,60)38-16-19-50(61)43-41(54-25-28(2)55)42(59)33-22-35(57)36(58)24-48(33)27-47(31-11-14-39(52)53-26-31)18-15-30(23-45(38,50)3)49(43,48)21-20-47/h11,14-15,18,20-21,26,28-30,32-40,44,53-58,60-62H,5-10,12-13,16-17,19,22-25,27,52H2,1-4H3. The van der Waals surface area contributed by atoms with Crippen molar-refractivity contribution in [2.45, 2.75) is 184 Å². The fourth-order valence-corrected chi connectivity index (χ4v) is 17.0. The number of carbonyl (C=O) groups excluding carboxylic acids is 1. The van der Waals surface area contributed by atoms with Crippen molar-refractivity contribution in [2.75, 3.05) is 6.54 Å². The second-order valence-electron chi connectivity index (χ2n) is 22.9. The number of dihydropyridines is 1. The molecule has 11 rings (SSSR count). The van der Waals surface area contributed by atoms with Crippen molar-refractivity contribution in [1.82, 2.24) is 10.6 Å². The number of Topliss-reactive ketones (excluding diaryl/α,β-unsaturated/α-hetero) is 1. The van der Waals surface area contributed by atoms with Gasteiger partial charge >= 0.3 is 0 Å². The van der Waals surface area contributed by atoms with Gasteiger partial charge in [0.1, 0.15) is 5.60 Å². The van der Waals surface area contributed by atoms with Crippen molar-refractivity contribution in [3.8, 4) is 0 Å². The van der Waals surface area contributed by atoms with E-state index in [1.54, 1.807) is 13.8 Å². The summed E-state index contributed by atoms with van der Waals surface area (Å²) in [5, 5.41) is 93.5. The summed E-state index contributed by atoms with van der Waals surface area (Å²) < 4.78 is 7.02. The number of nitrogens with two attached hydrogens (primary N) is 1. The van der Waals surface area contributed by atoms with Gasteiger partial charge in [-0.25, -0.2) is 0 Å². The van der Waals surface area contributed by atoms with Crippen LogP contribution in [0, 0.1) is 57.2 Å². The van der Waals surface area contributed by atoms with Crippen molar-refractivity contribution in [3.05, 3.63) is 59.5 Å². The molecule has 11 N–H and O–H groups in total. The number of hydrogen-bond acceptors (Lipinski definition) is 12. The molecular formula is C51H75N3O9. The summed E-state index contributed by atoms with van der Waals surface area (Å²) in [5.74, 6) is -1.56. The van der Waals surface area contributed by atoms with E-state index >= 15 is 4.79 Å². The van der Waals surface area contributed by atoms with E-state index in [9.17, 15) is 35.7 Å². The molecule has 0 radical (unpaired) electrons. The third-order valence-electron chi connectivity index (χ3n) is 19.9. The minimum atomic E-state index is -1.79. The summed E-state index contributed by atoms with van der Waals surface area (Å²) in [4.78, 5) is 15.6. The third kappa shape index (κ3) is 5.93. The van der Waals surface area contributed by atoms with Crippen LogP contribution in [0.3, 0.4) is 0 Å². The lowest BCUT2D eigenvalue weighted by Gasteiger charge is -2.71. The first-order valence-electron chi connectivity index (χ1n) is 24.7. The maximum absolute atomic E-state index is 15.6. The van der Waals surface area contributed by atoms with E-state index in [0.29, 0.717) is 43.6 Å². The van der Waals surface area contributed by atoms with Crippen LogP contribution in [0.5, 0.6) is 0 Å². The molecule has 5 saturated carbocycles. The Labute approximate surface area is 373 Å². The third-order valence-corrected chi connectivity index (χ3v) is 19.9. The number of ether oxygens (including phenoxy) is 1. The van der Waals surface area contributed by atoms with Crippen LogP contribution in [-0.4, -0.2) is 108 Å². The predicted octanol–water partition coefficient (Wildman–Crippen LogP) is 3.93. The van der Waals surface area contributed by atoms with E-state index in [1.165, 1.54) is 6.42 Å². The van der Waals surface area contributed by atoms with Gasteiger partial charge in [-0.1, -0.05) is 63.5 Å². The number of aliphatic hydroxyl groups excluding tert-OH is 4. The summed E-state index contributed by atoms with van der Waals surface area (Å²) in [5.41, 5.74) is -0.939. The van der Waals surface area contributed by atoms with E-state index in [4.69, 9.17) is 10.5 Å². The normalized spacial score (nSPS) is 52.2. The van der Waals surface area contributed by atoms with E-state index in [1.807, 2.05) is 25.3 Å². The molecule has 20 atom stereocenters. The molecular weight excluding hydrogens is 799 g/mol. The minimum Gasteiger partial charge on any atom is -0.393 e. The molecule has 1 saturated heterocycles. The molecule has 0 aromatic heterocycles. The van der Waals surface area contributed by atoms with Gasteiger partial charge in [0.05, 0.1) is 59.7 Å². The highest BCUT2D eigenvalue weighted by Crippen LogP contribution is 2.80. The predicted molar refractivity (Wildman–Crippen MR) is 237 cm³/mol. The first-order chi connectivity index (χ1) is 29.8. The molecule has 2 spiro atoms. The van der Waals surface area contributed by atoms with Gasteiger partial charge in [-0.3, -0.25) is 4.79 Å². The molecule has 11 aliphatic rings. The van der Waals surface area contributed by atoms with Crippen molar-refractivity contribution in [3.63, 3.8) is 0 Å². The van der Waals surface area contributed by atoms with Crippen LogP contribution >= 0.6 is 0 Å². The summed E-state index contributed by atoms with van der Waals surface area (Å²) in [6, 6.07) is 0. The van der Waals surface area contributed by atoms with Crippen LogP contribution in [0.1, 0.15) is 124 Å². The highest BCUT2D eigenvalue weighted by Gasteiger charge is 2.80. The van der Waals surface area contributed by atoms with Crippen LogP contribution in [0.4, 0.5) is 0 Å². The molecule has 12 heteroatoms. The van der Waals surface area contributed by atoms with E-state index in [-0.39, 0.29) is 73.7 Å². The van der Waals surface area contributed by atoms with Crippen molar-refractivity contribution in [1.29, 1.82) is 0 Å². The molecule has 0 aromatic carbocycles. The highest BCUT2D eigenvalue weighted by atomic mass is 16.5. The van der Waals surface area contributed by atoms with Crippen molar-refractivity contribution < 1.29 is 45.3 Å². The zero-order valence-electron chi connectivity index (χ0n) is 37.9. The zero-order chi connectivity index (χ0) is 44.7. The lowest BCUT2D eigenvalue weighted by Crippen LogP contribution is -2.73. The SMILES string of the molecule is CCCC1CCC2OC3C(C(O)CCCC3(O)C(C)(O)C3CCC4(O)C5=C(NCC(C)O)C(=O)C6CC(O)C(O)CC67CC6(C8=CNC(N)C=C8)C=CC(CC34C)C57C=C6)C2CC1. The van der Waals surface area contributed by atoms with Crippen LogP contribution in [-0.2, 0) is 9.53 Å². The van der Waals surface area contributed by atoms with Gasteiger partial charge in [0, 0.05) is 40.8 Å². The Bertz CT molecular complexity index is 2010. The molecule has 0 aromatic rings. The topological polar surface area (TPSA) is 218 Å². The van der Waals surface area contributed by atoms with Gasteiger partial charge in [-0.05, 0) is 137 Å². The largest absolute Gasteiger partial charge is 0.393 e. The highest BCUT2D eigenvalue weighted by molar-refractivity contribution is 6.01. The summed E-state index contributed by atoms with van der Waals surface area (Å²) in [7, 11) is 0. The van der Waals surface area contributed by atoms with Gasteiger partial charge in [0.2, 0.25) is 0 Å². The van der Waals surface area contributed by atoms with Crippen LogP contribution in [0.25, 0.3) is 0 Å². The quantitative estimate of drug-likeness (QED) is 0.157. The Kier molecular flexibility index (Phi) is 10.6. The summed E-state index contributed by atoms with van der Waals surface area (Å²) in [6.45, 7) is 7.72. The lowest BCUT2D eigenvalue weighted by molar-refractivity contribution is -0.258. The number of rotatable bonds is 8. The smallest absolute Gasteiger partial charge is 0.182 e. The molecule has 2 bridgehead atoms. The van der Waals surface area contributed by atoms with Gasteiger partial charge in [0.15, 0.2) is 5.78 Å². The first-order valence-corrected chi connectivity index (χ1v) is 24.7. The Hall–Kier alpha value is -2.39. The summed E-state index contributed by atoms with van der Waals surface area (Å²) in [6.07, 6.45) is 18.9. The number of nitrogens with one attached hydrogen (secondary N) is 2. The summed E-state index contributed by atoms with van der Waals surface area (Å²) >= 11 is 0. The van der Waals surface area contributed by atoms with Gasteiger partial charge in [-0.15, -0.1) is 0 Å². The fourth-order valence-electron chi connectivity index (χ4n) is 17.0. The molecule has 9 aliphatic carbocycles. The molecule has 6 fully saturated rings. The van der Waals surface area contributed by atoms with Gasteiger partial charge in [0.25, 0.3) is 0 Å². The van der Waals surface area contributed by atoms with Crippen molar-refractivity contribution >= 4 is 5.78 Å². The number of fused-ring (bicyclic) bond motifs is 5. The minimum absolute atomic E-state index is 0.0548. The molecule has 2 heterocycles. The number of carbonyl (C=O) groups is 1. The maximum Gasteiger partial charge on any atom is 0.182 e. The molecule has 0 amide bonds. The van der Waals surface area contributed by atoms with E-state index in [0.717, 1.165) is 37.7 Å². The number of hydrogen-bond donors (Lipinski definition) is 10. The molecule has 12 nitrogen and oxygen atoms in total. The molecule has 20 unspecified atom stereocenters. The number of ketones is 1. The zero-order valence-corrected chi connectivity index (χ0v) is 37.9. The fraction of sp³-hybridized carbons (Fsp3) is 0.784. The second-order valence-corrected chi connectivity index (χ2v) is 22.9. The average molecular weight is 874 g/mol. The number of aliphatic hydroxyl groups is 7. The van der Waals surface area contributed by atoms with Crippen LogP contribution < -0.4 is 16.4 Å². The lowest BCUT2D eigenvalue weighted by atomic mass is 9.33.